The van der Waals surface area contributed by atoms with Crippen molar-refractivity contribution in [3.05, 3.63) is 71.8 Å². The topological polar surface area (TPSA) is 113 Å². The molecule has 0 radical (unpaired) electrons. The van der Waals surface area contributed by atoms with Crippen LogP contribution >= 0.6 is 0 Å². The molecule has 8 unspecified atom stereocenters. The van der Waals surface area contributed by atoms with Crippen LogP contribution < -0.4 is 22.9 Å². The van der Waals surface area contributed by atoms with Crippen LogP contribution in [0.1, 0.15) is 61.9 Å². The zero-order chi connectivity index (χ0) is 21.8. The standard InChI is InChI=1S/C26H38N4O/c27-21-15-7-13-19(23(21)29)25(17-9-3-1-4-10-17)31-26(18-11-5-2-6-12-18)20-14-8-16-22(28)24(20)30/h1-6,9-12,19-26H,7-8,13-16,27-30H2. The van der Waals surface area contributed by atoms with Gasteiger partial charge < -0.3 is 27.7 Å². The summed E-state index contributed by atoms with van der Waals surface area (Å²) in [6, 6.07) is 20.8. The van der Waals surface area contributed by atoms with Gasteiger partial charge in [0, 0.05) is 36.0 Å². The van der Waals surface area contributed by atoms with E-state index in [1.165, 1.54) is 0 Å². The molecule has 2 aliphatic carbocycles. The summed E-state index contributed by atoms with van der Waals surface area (Å²) in [6.45, 7) is 0. The van der Waals surface area contributed by atoms with E-state index < -0.39 is 0 Å². The van der Waals surface area contributed by atoms with Crippen molar-refractivity contribution >= 4 is 0 Å². The summed E-state index contributed by atoms with van der Waals surface area (Å²) >= 11 is 0. The van der Waals surface area contributed by atoms with Crippen LogP contribution in [0.3, 0.4) is 0 Å². The minimum absolute atomic E-state index is 0.00842. The van der Waals surface area contributed by atoms with Crippen molar-refractivity contribution in [2.24, 2.45) is 34.8 Å². The highest BCUT2D eigenvalue weighted by molar-refractivity contribution is 5.23. The van der Waals surface area contributed by atoms with Gasteiger partial charge in [0.15, 0.2) is 0 Å². The molecule has 2 saturated carbocycles. The van der Waals surface area contributed by atoms with E-state index in [0.29, 0.717) is 0 Å². The monoisotopic (exact) mass is 422 g/mol. The quantitative estimate of drug-likeness (QED) is 0.570. The van der Waals surface area contributed by atoms with Crippen LogP contribution in [-0.4, -0.2) is 24.2 Å². The SMILES string of the molecule is NC1CCCC(C(OC(c2ccccc2)C2CCCC(N)C2N)c2ccccc2)C1N. The van der Waals surface area contributed by atoms with Crippen LogP contribution in [-0.2, 0) is 4.74 Å². The second-order valence-corrected chi connectivity index (χ2v) is 9.47. The van der Waals surface area contributed by atoms with Gasteiger partial charge in [-0.1, -0.05) is 73.5 Å². The third kappa shape index (κ3) is 5.02. The maximum atomic E-state index is 7.07. The van der Waals surface area contributed by atoms with Crippen LogP contribution in [0.4, 0.5) is 0 Å². The molecule has 0 aliphatic heterocycles. The van der Waals surface area contributed by atoms with Crippen molar-refractivity contribution in [2.75, 3.05) is 0 Å². The smallest absolute Gasteiger partial charge is 0.0876 e. The number of benzene rings is 2. The van der Waals surface area contributed by atoms with Gasteiger partial charge >= 0.3 is 0 Å². The normalized spacial score (nSPS) is 33.5. The molecule has 0 aromatic heterocycles. The number of ether oxygens (including phenoxy) is 1. The molecular weight excluding hydrogens is 384 g/mol. The fourth-order valence-electron chi connectivity index (χ4n) is 5.59. The molecular formula is C26H38N4O. The second kappa shape index (κ2) is 10.2. The lowest BCUT2D eigenvalue weighted by Crippen LogP contribution is -2.53. The Bertz CT molecular complexity index is 734. The Morgan fingerprint density at radius 3 is 1.35 bits per heavy atom. The first-order chi connectivity index (χ1) is 15.1. The van der Waals surface area contributed by atoms with Crippen molar-refractivity contribution in [1.29, 1.82) is 0 Å². The molecule has 0 spiro atoms. The van der Waals surface area contributed by atoms with Gasteiger partial charge in [-0.2, -0.15) is 0 Å². The molecule has 5 heteroatoms. The minimum atomic E-state index is -0.127. The molecule has 0 saturated heterocycles. The van der Waals surface area contributed by atoms with Crippen LogP contribution in [0, 0.1) is 11.8 Å². The fourth-order valence-corrected chi connectivity index (χ4v) is 5.59. The molecule has 5 nitrogen and oxygen atoms in total. The Kier molecular flexibility index (Phi) is 7.41. The van der Waals surface area contributed by atoms with Crippen LogP contribution in [0.2, 0.25) is 0 Å². The summed E-state index contributed by atoms with van der Waals surface area (Å²) in [6.07, 6.45) is 5.90. The van der Waals surface area contributed by atoms with Gasteiger partial charge in [0.25, 0.3) is 0 Å². The van der Waals surface area contributed by atoms with E-state index in [-0.39, 0.29) is 48.2 Å². The molecule has 4 rings (SSSR count). The first kappa shape index (κ1) is 22.4. The summed E-state index contributed by atoms with van der Waals surface area (Å²) in [5, 5.41) is 0. The Labute approximate surface area is 186 Å². The highest BCUT2D eigenvalue weighted by Crippen LogP contribution is 2.44. The third-order valence-corrected chi connectivity index (χ3v) is 7.45. The molecule has 2 aromatic carbocycles. The zero-order valence-corrected chi connectivity index (χ0v) is 18.4. The predicted octanol–water partition coefficient (Wildman–Crippen LogP) is 3.40. The number of hydrogen-bond acceptors (Lipinski definition) is 5. The van der Waals surface area contributed by atoms with Gasteiger partial charge in [-0.3, -0.25) is 0 Å². The maximum Gasteiger partial charge on any atom is 0.0876 e. The Morgan fingerprint density at radius 1 is 0.581 bits per heavy atom. The van der Waals surface area contributed by atoms with Crippen molar-refractivity contribution in [3.8, 4) is 0 Å². The number of rotatable bonds is 6. The first-order valence-corrected chi connectivity index (χ1v) is 11.8. The molecule has 2 aromatic rings. The number of hydrogen-bond donors (Lipinski definition) is 4. The van der Waals surface area contributed by atoms with Crippen molar-refractivity contribution in [3.63, 3.8) is 0 Å². The average molecular weight is 423 g/mol. The third-order valence-electron chi connectivity index (χ3n) is 7.45. The summed E-state index contributed by atoms with van der Waals surface area (Å²) < 4.78 is 7.07. The van der Waals surface area contributed by atoms with Gasteiger partial charge in [0.2, 0.25) is 0 Å². The predicted molar refractivity (Wildman–Crippen MR) is 126 cm³/mol. The zero-order valence-electron chi connectivity index (χ0n) is 18.4. The van der Waals surface area contributed by atoms with Crippen molar-refractivity contribution in [1.82, 2.24) is 0 Å². The van der Waals surface area contributed by atoms with Crippen molar-refractivity contribution < 1.29 is 4.74 Å². The molecule has 8 N–H and O–H groups in total. The van der Waals surface area contributed by atoms with E-state index in [9.17, 15) is 0 Å². The van der Waals surface area contributed by atoms with Gasteiger partial charge in [-0.05, 0) is 36.8 Å². The van der Waals surface area contributed by atoms with E-state index >= 15 is 0 Å². The van der Waals surface area contributed by atoms with E-state index in [1.54, 1.807) is 0 Å². The molecule has 2 aliphatic rings. The van der Waals surface area contributed by atoms with Gasteiger partial charge in [0.1, 0.15) is 0 Å². The first-order valence-electron chi connectivity index (χ1n) is 11.8. The molecule has 31 heavy (non-hydrogen) atoms. The fraction of sp³-hybridized carbons (Fsp3) is 0.538. The highest BCUT2D eigenvalue weighted by Gasteiger charge is 2.41. The van der Waals surface area contributed by atoms with E-state index in [4.69, 9.17) is 27.7 Å². The lowest BCUT2D eigenvalue weighted by Gasteiger charge is -2.44. The van der Waals surface area contributed by atoms with Gasteiger partial charge in [-0.15, -0.1) is 0 Å². The number of nitrogens with two attached hydrogens (primary N) is 4. The van der Waals surface area contributed by atoms with E-state index in [2.05, 4.69) is 48.5 Å². The summed E-state index contributed by atoms with van der Waals surface area (Å²) in [4.78, 5) is 0. The van der Waals surface area contributed by atoms with Crippen molar-refractivity contribution in [2.45, 2.75) is 74.9 Å². The van der Waals surface area contributed by atoms with Crippen LogP contribution in [0.15, 0.2) is 60.7 Å². The largest absolute Gasteiger partial charge is 0.365 e. The lowest BCUT2D eigenvalue weighted by molar-refractivity contribution is -0.0956. The molecule has 8 atom stereocenters. The second-order valence-electron chi connectivity index (χ2n) is 9.47. The lowest BCUT2D eigenvalue weighted by atomic mass is 9.75. The van der Waals surface area contributed by atoms with E-state index in [1.807, 2.05) is 12.1 Å². The molecule has 0 bridgehead atoms. The molecule has 0 amide bonds. The van der Waals surface area contributed by atoms with Gasteiger partial charge in [-0.25, -0.2) is 0 Å². The maximum absolute atomic E-state index is 7.07. The Hall–Kier alpha value is -1.76. The summed E-state index contributed by atoms with van der Waals surface area (Å²) in [7, 11) is 0. The molecule has 168 valence electrons. The van der Waals surface area contributed by atoms with E-state index in [0.717, 1.165) is 49.7 Å². The minimum Gasteiger partial charge on any atom is -0.365 e. The van der Waals surface area contributed by atoms with Crippen LogP contribution in [0.5, 0.6) is 0 Å². The molecule has 0 heterocycles. The Morgan fingerprint density at radius 2 is 0.968 bits per heavy atom. The summed E-state index contributed by atoms with van der Waals surface area (Å²) in [5.74, 6) is 0.344. The highest BCUT2D eigenvalue weighted by atomic mass is 16.5. The Balaban J connectivity index is 1.70. The summed E-state index contributed by atoms with van der Waals surface area (Å²) in [5.41, 5.74) is 28.4. The average Bonchev–Trinajstić information content (AvgIpc) is 2.80. The van der Waals surface area contributed by atoms with Crippen LogP contribution in [0.25, 0.3) is 0 Å². The van der Waals surface area contributed by atoms with Gasteiger partial charge in [0.05, 0.1) is 12.2 Å². The molecule has 2 fully saturated rings.